The van der Waals surface area contributed by atoms with E-state index < -0.39 is 0 Å². The molecule has 0 fully saturated rings. The van der Waals surface area contributed by atoms with E-state index in [2.05, 4.69) is 44.2 Å². The molecule has 1 heteroatoms. The van der Waals surface area contributed by atoms with Crippen LogP contribution >= 0.6 is 11.8 Å². The number of benzene rings is 1. The maximum Gasteiger partial charge on any atom is 0.00917 e. The molecule has 1 aromatic rings. The van der Waals surface area contributed by atoms with Gasteiger partial charge in [0, 0.05) is 10.1 Å². The topological polar surface area (TPSA) is 0 Å². The molecule has 0 aliphatic rings. The average molecular weight is 222 g/mol. The molecule has 0 saturated heterocycles. The summed E-state index contributed by atoms with van der Waals surface area (Å²) in [5.74, 6) is 0. The molecule has 0 radical (unpaired) electrons. The summed E-state index contributed by atoms with van der Waals surface area (Å²) in [6.45, 7) is 4.57. The quantitative estimate of drug-likeness (QED) is 0.455. The number of unbranched alkanes of at least 4 members (excludes halogenated alkanes) is 2. The molecule has 1 unspecified atom stereocenters. The Labute approximate surface area is 98.5 Å². The van der Waals surface area contributed by atoms with Crippen LogP contribution in [0.3, 0.4) is 0 Å². The Balaban J connectivity index is 2.33. The van der Waals surface area contributed by atoms with Crippen LogP contribution in [0, 0.1) is 0 Å². The highest BCUT2D eigenvalue weighted by Gasteiger charge is 2.07. The second-order valence-corrected chi connectivity index (χ2v) is 5.33. The van der Waals surface area contributed by atoms with Gasteiger partial charge in [-0.3, -0.25) is 0 Å². The third kappa shape index (κ3) is 5.27. The highest BCUT2D eigenvalue weighted by Crippen LogP contribution is 2.28. The van der Waals surface area contributed by atoms with Crippen LogP contribution in [0.5, 0.6) is 0 Å². The Morgan fingerprint density at radius 3 is 2.40 bits per heavy atom. The predicted octanol–water partition coefficient (Wildman–Crippen LogP) is 5.14. The molecule has 0 nitrogen and oxygen atoms in total. The fraction of sp³-hybridized carbons (Fsp3) is 0.571. The van der Waals surface area contributed by atoms with E-state index in [1.165, 1.54) is 37.0 Å². The van der Waals surface area contributed by atoms with Crippen molar-refractivity contribution in [1.82, 2.24) is 0 Å². The molecular weight excluding hydrogens is 200 g/mol. The Morgan fingerprint density at radius 2 is 1.80 bits per heavy atom. The lowest BCUT2D eigenvalue weighted by atomic mass is 10.1. The molecule has 0 amide bonds. The molecule has 0 aliphatic heterocycles. The van der Waals surface area contributed by atoms with Gasteiger partial charge in [-0.25, -0.2) is 0 Å². The third-order valence-corrected chi connectivity index (χ3v) is 4.08. The molecule has 84 valence electrons. The summed E-state index contributed by atoms with van der Waals surface area (Å²) in [6, 6.07) is 10.8. The van der Waals surface area contributed by atoms with Gasteiger partial charge in [-0.15, -0.1) is 11.8 Å². The summed E-state index contributed by atoms with van der Waals surface area (Å²) in [5.41, 5.74) is 0. The van der Waals surface area contributed by atoms with Crippen LogP contribution in [-0.2, 0) is 0 Å². The first-order valence-electron chi connectivity index (χ1n) is 6.08. The van der Waals surface area contributed by atoms with Crippen molar-refractivity contribution in [2.24, 2.45) is 0 Å². The largest absolute Gasteiger partial charge is 0.123 e. The summed E-state index contributed by atoms with van der Waals surface area (Å²) in [7, 11) is 0. The van der Waals surface area contributed by atoms with Gasteiger partial charge in [0.2, 0.25) is 0 Å². The van der Waals surface area contributed by atoms with Gasteiger partial charge in [0.25, 0.3) is 0 Å². The van der Waals surface area contributed by atoms with E-state index in [1.807, 2.05) is 11.8 Å². The first-order chi connectivity index (χ1) is 7.36. The second-order valence-electron chi connectivity index (χ2n) is 3.96. The fourth-order valence-corrected chi connectivity index (χ4v) is 2.81. The molecule has 1 atom stereocenters. The minimum Gasteiger partial charge on any atom is -0.123 e. The Kier molecular flexibility index (Phi) is 6.58. The summed E-state index contributed by atoms with van der Waals surface area (Å²) < 4.78 is 0. The van der Waals surface area contributed by atoms with E-state index in [-0.39, 0.29) is 0 Å². The molecule has 15 heavy (non-hydrogen) atoms. The molecule has 1 aromatic carbocycles. The van der Waals surface area contributed by atoms with Gasteiger partial charge in [-0.05, 0) is 25.0 Å². The molecular formula is C14H22S. The molecule has 0 N–H and O–H groups in total. The van der Waals surface area contributed by atoms with Crippen molar-refractivity contribution in [3.8, 4) is 0 Å². The van der Waals surface area contributed by atoms with Gasteiger partial charge in [-0.1, -0.05) is 51.3 Å². The molecule has 0 heterocycles. The summed E-state index contributed by atoms with van der Waals surface area (Å²) in [6.07, 6.45) is 6.74. The van der Waals surface area contributed by atoms with Crippen molar-refractivity contribution in [2.45, 2.75) is 56.1 Å². The summed E-state index contributed by atoms with van der Waals surface area (Å²) in [5, 5.41) is 0.805. The molecule has 0 bridgehead atoms. The Morgan fingerprint density at radius 1 is 1.07 bits per heavy atom. The first kappa shape index (κ1) is 12.6. The van der Waals surface area contributed by atoms with Gasteiger partial charge in [0.05, 0.1) is 0 Å². The smallest absolute Gasteiger partial charge is 0.00917 e. The number of hydrogen-bond donors (Lipinski definition) is 0. The van der Waals surface area contributed by atoms with Crippen LogP contribution in [0.25, 0.3) is 0 Å². The van der Waals surface area contributed by atoms with Gasteiger partial charge < -0.3 is 0 Å². The highest BCUT2D eigenvalue weighted by atomic mass is 32.2. The van der Waals surface area contributed by atoms with Crippen molar-refractivity contribution in [3.05, 3.63) is 30.3 Å². The van der Waals surface area contributed by atoms with Crippen molar-refractivity contribution in [2.75, 3.05) is 0 Å². The Hall–Kier alpha value is -0.430. The monoisotopic (exact) mass is 222 g/mol. The molecule has 0 aliphatic carbocycles. The zero-order chi connectivity index (χ0) is 10.9. The highest BCUT2D eigenvalue weighted by molar-refractivity contribution is 8.00. The van der Waals surface area contributed by atoms with Crippen LogP contribution in [0.1, 0.15) is 46.0 Å². The molecule has 1 rings (SSSR count). The maximum atomic E-state index is 2.30. The number of rotatable bonds is 7. The minimum absolute atomic E-state index is 0.805. The van der Waals surface area contributed by atoms with Gasteiger partial charge in [0.15, 0.2) is 0 Å². The number of thioether (sulfide) groups is 1. The standard InChI is InChI=1S/C14H22S/c1-3-5-7-10-13(4-2)15-14-11-8-6-9-12-14/h6,8-9,11-13H,3-5,7,10H2,1-2H3. The molecule has 0 spiro atoms. The third-order valence-electron chi connectivity index (χ3n) is 2.63. The zero-order valence-corrected chi connectivity index (χ0v) is 10.7. The van der Waals surface area contributed by atoms with Crippen molar-refractivity contribution >= 4 is 11.8 Å². The van der Waals surface area contributed by atoms with E-state index >= 15 is 0 Å². The zero-order valence-electron chi connectivity index (χ0n) is 9.91. The molecule has 0 saturated carbocycles. The first-order valence-corrected chi connectivity index (χ1v) is 6.96. The van der Waals surface area contributed by atoms with E-state index in [1.54, 1.807) is 0 Å². The van der Waals surface area contributed by atoms with Crippen LogP contribution in [0.4, 0.5) is 0 Å². The van der Waals surface area contributed by atoms with Crippen LogP contribution < -0.4 is 0 Å². The van der Waals surface area contributed by atoms with Crippen molar-refractivity contribution < 1.29 is 0 Å². The predicted molar refractivity (Wildman–Crippen MR) is 70.5 cm³/mol. The van der Waals surface area contributed by atoms with Gasteiger partial charge >= 0.3 is 0 Å². The summed E-state index contributed by atoms with van der Waals surface area (Å²) >= 11 is 2.04. The fourth-order valence-electron chi connectivity index (χ4n) is 1.66. The van der Waals surface area contributed by atoms with Crippen LogP contribution in [0.2, 0.25) is 0 Å². The SMILES string of the molecule is CCCCCC(CC)Sc1ccccc1. The van der Waals surface area contributed by atoms with E-state index in [4.69, 9.17) is 0 Å². The average Bonchev–Trinajstić information content (AvgIpc) is 2.29. The van der Waals surface area contributed by atoms with Crippen molar-refractivity contribution in [1.29, 1.82) is 0 Å². The van der Waals surface area contributed by atoms with Gasteiger partial charge in [-0.2, -0.15) is 0 Å². The van der Waals surface area contributed by atoms with E-state index in [0.717, 1.165) is 5.25 Å². The van der Waals surface area contributed by atoms with E-state index in [0.29, 0.717) is 0 Å². The number of hydrogen-bond acceptors (Lipinski definition) is 1. The van der Waals surface area contributed by atoms with Crippen LogP contribution in [0.15, 0.2) is 35.2 Å². The minimum atomic E-state index is 0.805. The van der Waals surface area contributed by atoms with Gasteiger partial charge in [0.1, 0.15) is 0 Å². The second kappa shape index (κ2) is 7.81. The Bertz CT molecular complexity index is 243. The van der Waals surface area contributed by atoms with Crippen LogP contribution in [-0.4, -0.2) is 5.25 Å². The van der Waals surface area contributed by atoms with E-state index in [9.17, 15) is 0 Å². The normalized spacial score (nSPS) is 12.7. The lowest BCUT2D eigenvalue weighted by molar-refractivity contribution is 0.635. The lowest BCUT2D eigenvalue weighted by Gasteiger charge is -2.13. The molecule has 0 aromatic heterocycles. The maximum absolute atomic E-state index is 2.30. The summed E-state index contributed by atoms with van der Waals surface area (Å²) in [4.78, 5) is 1.42. The lowest BCUT2D eigenvalue weighted by Crippen LogP contribution is -2.00. The van der Waals surface area contributed by atoms with Crippen molar-refractivity contribution in [3.63, 3.8) is 0 Å².